The van der Waals surface area contributed by atoms with Crippen molar-refractivity contribution in [1.29, 1.82) is 0 Å². The van der Waals surface area contributed by atoms with Gasteiger partial charge in [0.25, 0.3) is 5.91 Å². The molecule has 4 aliphatic carbocycles. The number of nitrogens with one attached hydrogen (secondary N) is 1. The highest BCUT2D eigenvalue weighted by Gasteiger charge is 2.68. The first-order valence-corrected chi connectivity index (χ1v) is 9.48. The molecule has 130 valence electrons. The Morgan fingerprint density at radius 1 is 1.12 bits per heavy atom. The number of aliphatic hydroxyl groups excluding tert-OH is 1. The molecule has 0 radical (unpaired) electrons. The Balaban J connectivity index is 1.55. The van der Waals surface area contributed by atoms with Crippen molar-refractivity contribution in [1.82, 2.24) is 10.3 Å². The molecule has 0 spiro atoms. The van der Waals surface area contributed by atoms with Crippen LogP contribution in [0.25, 0.3) is 10.9 Å². The molecule has 1 aromatic carbocycles. The fourth-order valence-electron chi connectivity index (χ4n) is 5.41. The highest BCUT2D eigenvalue weighted by atomic mass is 16.3. The second-order valence-corrected chi connectivity index (χ2v) is 8.41. The fraction of sp³-hybridized carbons (Fsp3) is 0.524. The van der Waals surface area contributed by atoms with E-state index < -0.39 is 0 Å². The zero-order chi connectivity index (χ0) is 17.1. The minimum Gasteiger partial charge on any atom is -0.396 e. The molecule has 0 saturated heterocycles. The third-order valence-corrected chi connectivity index (χ3v) is 6.50. The number of rotatable bonds is 3. The molecule has 6 rings (SSSR count). The van der Waals surface area contributed by atoms with E-state index in [1.165, 1.54) is 6.42 Å². The van der Waals surface area contributed by atoms with Crippen molar-refractivity contribution in [2.24, 2.45) is 5.41 Å². The van der Waals surface area contributed by atoms with Gasteiger partial charge in [0.2, 0.25) is 0 Å². The van der Waals surface area contributed by atoms with E-state index in [4.69, 9.17) is 4.98 Å². The van der Waals surface area contributed by atoms with Crippen LogP contribution in [0, 0.1) is 5.41 Å². The Kier molecular flexibility index (Phi) is 3.23. The van der Waals surface area contributed by atoms with Crippen LogP contribution in [0.2, 0.25) is 0 Å². The smallest absolute Gasteiger partial charge is 0.252 e. The summed E-state index contributed by atoms with van der Waals surface area (Å²) in [6, 6.07) is 8.02. The van der Waals surface area contributed by atoms with E-state index in [1.54, 1.807) is 0 Å². The summed E-state index contributed by atoms with van der Waals surface area (Å²) in [4.78, 5) is 18.1. The van der Waals surface area contributed by atoms with Crippen molar-refractivity contribution in [2.45, 2.75) is 56.9 Å². The Labute approximate surface area is 147 Å². The van der Waals surface area contributed by atoms with E-state index in [0.717, 1.165) is 72.7 Å². The van der Waals surface area contributed by atoms with E-state index in [9.17, 15) is 9.90 Å². The third kappa shape index (κ3) is 2.23. The number of hydrogen-bond donors (Lipinski definition) is 2. The molecule has 2 bridgehead atoms. The van der Waals surface area contributed by atoms with Crippen molar-refractivity contribution >= 4 is 16.8 Å². The van der Waals surface area contributed by atoms with Gasteiger partial charge in [0, 0.05) is 28.6 Å². The average Bonchev–Trinajstić information content (AvgIpc) is 2.79. The molecule has 1 aromatic heterocycles. The van der Waals surface area contributed by atoms with Gasteiger partial charge in [-0.2, -0.15) is 0 Å². The van der Waals surface area contributed by atoms with Crippen LogP contribution in [-0.4, -0.2) is 28.1 Å². The average molecular weight is 336 g/mol. The molecule has 0 atom stereocenters. The van der Waals surface area contributed by atoms with Crippen LogP contribution in [-0.2, 0) is 12.8 Å². The van der Waals surface area contributed by atoms with Gasteiger partial charge in [-0.3, -0.25) is 9.78 Å². The van der Waals surface area contributed by atoms with Crippen LogP contribution in [0.1, 0.15) is 60.1 Å². The quantitative estimate of drug-likeness (QED) is 0.847. The lowest BCUT2D eigenvalue weighted by atomic mass is 9.39. The van der Waals surface area contributed by atoms with Crippen LogP contribution in [0.3, 0.4) is 0 Å². The molecule has 4 nitrogen and oxygen atoms in total. The van der Waals surface area contributed by atoms with Crippen molar-refractivity contribution in [3.8, 4) is 0 Å². The second-order valence-electron chi connectivity index (χ2n) is 8.41. The van der Waals surface area contributed by atoms with Crippen molar-refractivity contribution in [3.63, 3.8) is 0 Å². The maximum absolute atomic E-state index is 13.3. The molecular formula is C21H24N2O2. The highest BCUT2D eigenvalue weighted by Crippen LogP contribution is 2.66. The fourth-order valence-corrected chi connectivity index (χ4v) is 5.41. The lowest BCUT2D eigenvalue weighted by molar-refractivity contribution is -0.172. The van der Waals surface area contributed by atoms with Crippen molar-refractivity contribution in [3.05, 3.63) is 41.1 Å². The van der Waals surface area contributed by atoms with E-state index in [1.807, 2.05) is 24.3 Å². The van der Waals surface area contributed by atoms with Gasteiger partial charge in [-0.25, -0.2) is 0 Å². The van der Waals surface area contributed by atoms with Crippen LogP contribution in [0.4, 0.5) is 0 Å². The topological polar surface area (TPSA) is 62.2 Å². The summed E-state index contributed by atoms with van der Waals surface area (Å²) < 4.78 is 0. The first-order valence-electron chi connectivity index (χ1n) is 9.48. The highest BCUT2D eigenvalue weighted by molar-refractivity contribution is 6.08. The molecule has 0 unspecified atom stereocenters. The number of fused-ring (bicyclic) bond motifs is 2. The number of benzene rings is 1. The summed E-state index contributed by atoms with van der Waals surface area (Å²) >= 11 is 0. The summed E-state index contributed by atoms with van der Waals surface area (Å²) in [5, 5.41) is 13.8. The van der Waals surface area contributed by atoms with Gasteiger partial charge in [0.15, 0.2) is 0 Å². The molecule has 4 aliphatic rings. The zero-order valence-corrected chi connectivity index (χ0v) is 14.5. The number of carbonyl (C=O) groups is 1. The molecule has 2 N–H and O–H groups in total. The monoisotopic (exact) mass is 336 g/mol. The molecule has 3 saturated carbocycles. The van der Waals surface area contributed by atoms with Gasteiger partial charge >= 0.3 is 0 Å². The maximum Gasteiger partial charge on any atom is 0.252 e. The number of aryl methyl sites for hydroxylation is 1. The Bertz CT molecular complexity index is 854. The molecule has 1 amide bonds. The first-order chi connectivity index (χ1) is 12.1. The summed E-state index contributed by atoms with van der Waals surface area (Å²) in [6.07, 6.45) is 8.18. The lowest BCUT2D eigenvalue weighted by Gasteiger charge is -2.70. The number of para-hydroxylation sites is 1. The minimum atomic E-state index is -0.0677. The Hall–Kier alpha value is -1.94. The van der Waals surface area contributed by atoms with Crippen LogP contribution >= 0.6 is 0 Å². The molecule has 0 aliphatic heterocycles. The number of nitrogens with zero attached hydrogens (tertiary/aromatic N) is 1. The summed E-state index contributed by atoms with van der Waals surface area (Å²) in [6.45, 7) is 0.248. The number of amides is 1. The number of hydrogen-bond acceptors (Lipinski definition) is 3. The molecule has 4 heteroatoms. The lowest BCUT2D eigenvalue weighted by Crippen LogP contribution is -2.75. The molecule has 2 aromatic rings. The number of pyridine rings is 1. The van der Waals surface area contributed by atoms with Gasteiger partial charge in [0.1, 0.15) is 0 Å². The number of aromatic nitrogens is 1. The normalized spacial score (nSPS) is 30.0. The zero-order valence-electron chi connectivity index (χ0n) is 14.5. The standard InChI is InChI=1S/C21H24N2O2/c24-13-20-10-21(11-20,12-20)23-19(25)18-14-6-2-1-3-8-16(14)22-17-9-5-4-7-15(17)18/h4-5,7,9,24H,1-3,6,8,10-13H2,(H,23,25). The molecule has 3 fully saturated rings. The van der Waals surface area contributed by atoms with Gasteiger partial charge < -0.3 is 10.4 Å². The third-order valence-electron chi connectivity index (χ3n) is 6.50. The van der Waals surface area contributed by atoms with E-state index in [0.29, 0.717) is 0 Å². The molecule has 25 heavy (non-hydrogen) atoms. The summed E-state index contributed by atoms with van der Waals surface area (Å²) in [7, 11) is 0. The minimum absolute atomic E-state index is 0.0583. The first kappa shape index (κ1) is 15.3. The number of aliphatic hydroxyl groups is 1. The molecule has 1 heterocycles. The van der Waals surface area contributed by atoms with E-state index >= 15 is 0 Å². The molecular weight excluding hydrogens is 312 g/mol. The Morgan fingerprint density at radius 3 is 2.68 bits per heavy atom. The van der Waals surface area contributed by atoms with Crippen LogP contribution in [0.15, 0.2) is 24.3 Å². The van der Waals surface area contributed by atoms with Crippen LogP contribution < -0.4 is 5.32 Å². The predicted octanol–water partition coefficient (Wildman–Crippen LogP) is 3.15. The van der Waals surface area contributed by atoms with Gasteiger partial charge in [0.05, 0.1) is 11.1 Å². The van der Waals surface area contributed by atoms with E-state index in [2.05, 4.69) is 5.32 Å². The largest absolute Gasteiger partial charge is 0.396 e. The summed E-state index contributed by atoms with van der Waals surface area (Å²) in [5.41, 5.74) is 4.10. The van der Waals surface area contributed by atoms with Gasteiger partial charge in [-0.15, -0.1) is 0 Å². The maximum atomic E-state index is 13.3. The summed E-state index contributed by atoms with van der Waals surface area (Å²) in [5.74, 6) is 0.0583. The van der Waals surface area contributed by atoms with Gasteiger partial charge in [-0.05, 0) is 56.6 Å². The Morgan fingerprint density at radius 2 is 1.88 bits per heavy atom. The number of carbonyl (C=O) groups excluding carboxylic acids is 1. The second kappa shape index (κ2) is 5.28. The van der Waals surface area contributed by atoms with Gasteiger partial charge in [-0.1, -0.05) is 24.6 Å². The van der Waals surface area contributed by atoms with Crippen LogP contribution in [0.5, 0.6) is 0 Å². The van der Waals surface area contributed by atoms with E-state index in [-0.39, 0.29) is 23.5 Å². The van der Waals surface area contributed by atoms with Crippen molar-refractivity contribution < 1.29 is 9.90 Å². The van der Waals surface area contributed by atoms with Crippen molar-refractivity contribution in [2.75, 3.05) is 6.61 Å². The predicted molar refractivity (Wildman–Crippen MR) is 96.6 cm³/mol. The SMILES string of the molecule is O=C(NC12CC(CO)(C1)C2)c1c2c(nc3ccccc13)CCCCC2.